The summed E-state index contributed by atoms with van der Waals surface area (Å²) in [6, 6.07) is 19.3. The van der Waals surface area contributed by atoms with Gasteiger partial charge >= 0.3 is 0 Å². The van der Waals surface area contributed by atoms with Crippen LogP contribution in [0.5, 0.6) is 0 Å². The third-order valence-electron chi connectivity index (χ3n) is 3.29. The lowest BCUT2D eigenvalue weighted by Gasteiger charge is -2.28. The minimum Gasteiger partial charge on any atom is -0.293 e. The quantitative estimate of drug-likeness (QED) is 0.489. The number of nitrogens with two attached hydrogens (primary N) is 1. The Bertz CT molecular complexity index is 483. The topological polar surface area (TPSA) is 55.1 Å². The molecule has 0 bridgehead atoms. The molecule has 0 aliphatic rings. The van der Waals surface area contributed by atoms with E-state index in [0.29, 0.717) is 0 Å². The SMILES string of the molecule is CC(C(=O)NN)(c1ccccc1)c1ccccc1. The fourth-order valence-electron chi connectivity index (χ4n) is 2.12. The van der Waals surface area contributed by atoms with Crippen LogP contribution < -0.4 is 11.3 Å². The van der Waals surface area contributed by atoms with Gasteiger partial charge in [0.1, 0.15) is 0 Å². The molecule has 2 aromatic rings. The van der Waals surface area contributed by atoms with Crippen molar-refractivity contribution in [2.75, 3.05) is 0 Å². The van der Waals surface area contributed by atoms with Crippen molar-refractivity contribution in [3.05, 3.63) is 71.8 Å². The summed E-state index contributed by atoms with van der Waals surface area (Å²) in [5, 5.41) is 0. The Balaban J connectivity index is 2.59. The van der Waals surface area contributed by atoms with E-state index >= 15 is 0 Å². The highest BCUT2D eigenvalue weighted by Crippen LogP contribution is 2.31. The monoisotopic (exact) mass is 240 g/mol. The Morgan fingerprint density at radius 1 is 0.944 bits per heavy atom. The zero-order chi connectivity index (χ0) is 13.0. The Labute approximate surface area is 107 Å². The summed E-state index contributed by atoms with van der Waals surface area (Å²) in [6.07, 6.45) is 0. The molecular weight excluding hydrogens is 224 g/mol. The Morgan fingerprint density at radius 2 is 1.33 bits per heavy atom. The van der Waals surface area contributed by atoms with Crippen LogP contribution in [0.2, 0.25) is 0 Å². The molecule has 0 saturated heterocycles. The maximum Gasteiger partial charge on any atom is 0.248 e. The number of carbonyl (C=O) groups is 1. The van der Waals surface area contributed by atoms with Crippen LogP contribution in [-0.2, 0) is 10.2 Å². The van der Waals surface area contributed by atoms with Crippen molar-refractivity contribution < 1.29 is 4.79 Å². The van der Waals surface area contributed by atoms with Gasteiger partial charge < -0.3 is 0 Å². The minimum atomic E-state index is -0.780. The molecule has 1 amide bonds. The van der Waals surface area contributed by atoms with Gasteiger partial charge in [0, 0.05) is 0 Å². The van der Waals surface area contributed by atoms with Crippen LogP contribution in [0.25, 0.3) is 0 Å². The van der Waals surface area contributed by atoms with Gasteiger partial charge in [-0.2, -0.15) is 0 Å². The molecule has 3 N–H and O–H groups in total. The first kappa shape index (κ1) is 12.3. The average molecular weight is 240 g/mol. The van der Waals surface area contributed by atoms with Crippen LogP contribution in [-0.4, -0.2) is 5.91 Å². The fourth-order valence-corrected chi connectivity index (χ4v) is 2.12. The second-order valence-corrected chi connectivity index (χ2v) is 4.33. The molecule has 0 fully saturated rings. The Morgan fingerprint density at radius 3 is 1.67 bits per heavy atom. The molecule has 3 heteroatoms. The highest BCUT2D eigenvalue weighted by Gasteiger charge is 2.36. The first-order valence-electron chi connectivity index (χ1n) is 5.81. The van der Waals surface area contributed by atoms with Gasteiger partial charge in [-0.1, -0.05) is 60.7 Å². The number of carbonyl (C=O) groups excluding carboxylic acids is 1. The standard InChI is InChI=1S/C15H16N2O/c1-15(14(18)17-16,12-8-4-2-5-9-12)13-10-6-3-7-11-13/h2-11H,16H2,1H3,(H,17,18). The number of hydrazine groups is 1. The lowest BCUT2D eigenvalue weighted by atomic mass is 9.75. The van der Waals surface area contributed by atoms with E-state index in [-0.39, 0.29) is 5.91 Å². The molecule has 3 nitrogen and oxygen atoms in total. The Hall–Kier alpha value is -2.13. The lowest BCUT2D eigenvalue weighted by molar-refractivity contribution is -0.124. The van der Waals surface area contributed by atoms with Crippen LogP contribution >= 0.6 is 0 Å². The zero-order valence-electron chi connectivity index (χ0n) is 10.3. The van der Waals surface area contributed by atoms with Crippen LogP contribution in [0.3, 0.4) is 0 Å². The summed E-state index contributed by atoms with van der Waals surface area (Å²) in [6.45, 7) is 1.87. The fraction of sp³-hybridized carbons (Fsp3) is 0.133. The number of benzene rings is 2. The minimum absolute atomic E-state index is 0.222. The summed E-state index contributed by atoms with van der Waals surface area (Å²) < 4.78 is 0. The second kappa shape index (κ2) is 5.02. The van der Waals surface area contributed by atoms with Gasteiger partial charge in [0.25, 0.3) is 0 Å². The predicted octanol–water partition coefficient (Wildman–Crippen LogP) is 1.98. The molecule has 2 rings (SSSR count). The van der Waals surface area contributed by atoms with Crippen LogP contribution in [0.1, 0.15) is 18.1 Å². The maximum atomic E-state index is 12.2. The van der Waals surface area contributed by atoms with Crippen LogP contribution in [0.4, 0.5) is 0 Å². The van der Waals surface area contributed by atoms with E-state index in [9.17, 15) is 4.79 Å². The third kappa shape index (κ3) is 2.00. The zero-order valence-corrected chi connectivity index (χ0v) is 10.3. The van der Waals surface area contributed by atoms with Gasteiger partial charge in [0.2, 0.25) is 5.91 Å². The maximum absolute atomic E-state index is 12.2. The molecule has 0 aromatic heterocycles. The van der Waals surface area contributed by atoms with Crippen molar-refractivity contribution in [2.45, 2.75) is 12.3 Å². The normalized spacial score (nSPS) is 11.0. The van der Waals surface area contributed by atoms with Crippen molar-refractivity contribution in [3.8, 4) is 0 Å². The summed E-state index contributed by atoms with van der Waals surface area (Å²) in [4.78, 5) is 12.2. The summed E-state index contributed by atoms with van der Waals surface area (Å²) >= 11 is 0. The second-order valence-electron chi connectivity index (χ2n) is 4.33. The smallest absolute Gasteiger partial charge is 0.248 e. The summed E-state index contributed by atoms with van der Waals surface area (Å²) in [5.41, 5.74) is 3.31. The van der Waals surface area contributed by atoms with Crippen molar-refractivity contribution >= 4 is 5.91 Å². The molecule has 0 radical (unpaired) electrons. The van der Waals surface area contributed by atoms with Crippen molar-refractivity contribution in [3.63, 3.8) is 0 Å². The predicted molar refractivity (Wildman–Crippen MR) is 71.7 cm³/mol. The van der Waals surface area contributed by atoms with Crippen molar-refractivity contribution in [1.82, 2.24) is 5.43 Å². The van der Waals surface area contributed by atoms with E-state index in [2.05, 4.69) is 5.43 Å². The van der Waals surface area contributed by atoms with Gasteiger partial charge in [-0.05, 0) is 18.1 Å². The van der Waals surface area contributed by atoms with E-state index in [4.69, 9.17) is 5.84 Å². The summed E-state index contributed by atoms with van der Waals surface area (Å²) in [5.74, 6) is 5.11. The largest absolute Gasteiger partial charge is 0.293 e. The molecule has 0 aliphatic heterocycles. The third-order valence-corrected chi connectivity index (χ3v) is 3.29. The molecule has 0 aliphatic carbocycles. The number of hydrogen-bond acceptors (Lipinski definition) is 2. The van der Waals surface area contributed by atoms with Crippen LogP contribution in [0, 0.1) is 0 Å². The highest BCUT2D eigenvalue weighted by atomic mass is 16.2. The molecule has 0 unspecified atom stereocenters. The highest BCUT2D eigenvalue weighted by molar-refractivity contribution is 5.91. The molecule has 92 valence electrons. The summed E-state index contributed by atoms with van der Waals surface area (Å²) in [7, 11) is 0. The number of amides is 1. The van der Waals surface area contributed by atoms with Gasteiger partial charge in [-0.15, -0.1) is 0 Å². The molecule has 0 spiro atoms. The molecule has 2 aromatic carbocycles. The van der Waals surface area contributed by atoms with E-state index in [1.165, 1.54) is 0 Å². The van der Waals surface area contributed by atoms with Crippen molar-refractivity contribution in [2.24, 2.45) is 5.84 Å². The van der Waals surface area contributed by atoms with Gasteiger partial charge in [0.15, 0.2) is 0 Å². The molecule has 0 atom stereocenters. The van der Waals surface area contributed by atoms with E-state index < -0.39 is 5.41 Å². The number of rotatable bonds is 3. The molecular formula is C15H16N2O. The van der Waals surface area contributed by atoms with Gasteiger partial charge in [0.05, 0.1) is 5.41 Å². The first-order chi connectivity index (χ1) is 8.69. The average Bonchev–Trinajstić information content (AvgIpc) is 2.47. The molecule has 0 heterocycles. The molecule has 18 heavy (non-hydrogen) atoms. The number of hydrogen-bond donors (Lipinski definition) is 2. The number of nitrogens with one attached hydrogen (secondary N) is 1. The molecule has 0 saturated carbocycles. The van der Waals surface area contributed by atoms with Crippen molar-refractivity contribution in [1.29, 1.82) is 0 Å². The van der Waals surface area contributed by atoms with Gasteiger partial charge in [-0.25, -0.2) is 5.84 Å². The lowest BCUT2D eigenvalue weighted by Crippen LogP contribution is -2.46. The van der Waals surface area contributed by atoms with E-state index in [1.807, 2.05) is 67.6 Å². The van der Waals surface area contributed by atoms with E-state index in [1.54, 1.807) is 0 Å². The first-order valence-corrected chi connectivity index (χ1v) is 5.81. The van der Waals surface area contributed by atoms with Gasteiger partial charge in [-0.3, -0.25) is 10.2 Å². The van der Waals surface area contributed by atoms with E-state index in [0.717, 1.165) is 11.1 Å². The Kier molecular flexibility index (Phi) is 3.44. The van der Waals surface area contributed by atoms with Crippen LogP contribution in [0.15, 0.2) is 60.7 Å².